The molecule has 31 heavy (non-hydrogen) atoms. The highest BCUT2D eigenvalue weighted by Crippen LogP contribution is 2.34. The monoisotopic (exact) mass is 416 g/mol. The topological polar surface area (TPSA) is 55.6 Å². The lowest BCUT2D eigenvalue weighted by atomic mass is 10.1. The predicted octanol–water partition coefficient (Wildman–Crippen LogP) is 5.38. The lowest BCUT2D eigenvalue weighted by Gasteiger charge is -2.22. The smallest absolute Gasteiger partial charge is 0.261 e. The number of nitrogens with zero attached hydrogens (tertiary/aromatic N) is 2. The van der Waals surface area contributed by atoms with E-state index >= 15 is 0 Å². The van der Waals surface area contributed by atoms with E-state index in [2.05, 4.69) is 4.98 Å². The Kier molecular flexibility index (Phi) is 5.12. The highest BCUT2D eigenvalue weighted by atomic mass is 19.1. The molecule has 156 valence electrons. The minimum atomic E-state index is -0.268. The number of halogens is 1. The zero-order valence-corrected chi connectivity index (χ0v) is 16.8. The maximum absolute atomic E-state index is 13.2. The van der Waals surface area contributed by atoms with Crippen LogP contribution in [-0.2, 0) is 4.79 Å². The minimum absolute atomic E-state index is 0.0184. The first-order chi connectivity index (χ1) is 15.2. The van der Waals surface area contributed by atoms with E-state index < -0.39 is 0 Å². The molecule has 1 amide bonds. The summed E-state index contributed by atoms with van der Waals surface area (Å²) in [6.07, 6.45) is 1.69. The molecular formula is C25H21FN2O3. The Balaban J connectivity index is 1.35. The van der Waals surface area contributed by atoms with Gasteiger partial charge in [0.25, 0.3) is 5.91 Å². The van der Waals surface area contributed by atoms with Gasteiger partial charge in [0.05, 0.1) is 0 Å². The van der Waals surface area contributed by atoms with Gasteiger partial charge in [0, 0.05) is 6.54 Å². The molecule has 3 aromatic carbocycles. The maximum Gasteiger partial charge on any atom is 0.261 e. The van der Waals surface area contributed by atoms with Crippen molar-refractivity contribution in [3.63, 3.8) is 0 Å². The Labute approximate surface area is 179 Å². The summed E-state index contributed by atoms with van der Waals surface area (Å²) in [6, 6.07) is 21.2. The number of ether oxygens (including phenoxy) is 1. The first-order valence-electron chi connectivity index (χ1n) is 10.3. The van der Waals surface area contributed by atoms with Crippen molar-refractivity contribution in [1.29, 1.82) is 0 Å². The van der Waals surface area contributed by atoms with Gasteiger partial charge in [-0.25, -0.2) is 9.37 Å². The molecule has 1 atom stereocenters. The van der Waals surface area contributed by atoms with Gasteiger partial charge in [0.15, 0.2) is 12.2 Å². The average molecular weight is 416 g/mol. The fraction of sp³-hybridized carbons (Fsp3) is 0.200. The van der Waals surface area contributed by atoms with Gasteiger partial charge in [-0.3, -0.25) is 4.79 Å². The number of para-hydroxylation sites is 1. The number of carbonyl (C=O) groups excluding carboxylic acids is 1. The number of hydrogen-bond donors (Lipinski definition) is 0. The number of amides is 1. The van der Waals surface area contributed by atoms with Crippen LogP contribution in [0.25, 0.3) is 22.2 Å². The van der Waals surface area contributed by atoms with Crippen LogP contribution in [0.5, 0.6) is 5.75 Å². The quantitative estimate of drug-likeness (QED) is 0.439. The molecular weight excluding hydrogens is 395 g/mol. The Hall–Kier alpha value is -3.67. The van der Waals surface area contributed by atoms with Crippen LogP contribution < -0.4 is 4.74 Å². The molecule has 2 heterocycles. The van der Waals surface area contributed by atoms with E-state index in [1.807, 2.05) is 48.5 Å². The van der Waals surface area contributed by atoms with E-state index in [1.54, 1.807) is 17.0 Å². The highest BCUT2D eigenvalue weighted by Gasteiger charge is 2.33. The normalized spacial score (nSPS) is 16.0. The van der Waals surface area contributed by atoms with Crippen molar-refractivity contribution in [2.45, 2.75) is 18.9 Å². The van der Waals surface area contributed by atoms with Crippen LogP contribution in [-0.4, -0.2) is 28.9 Å². The molecule has 5 nitrogen and oxygen atoms in total. The molecule has 0 aliphatic carbocycles. The molecule has 0 N–H and O–H groups in total. The molecule has 0 bridgehead atoms. The van der Waals surface area contributed by atoms with Gasteiger partial charge in [0.1, 0.15) is 23.1 Å². The Morgan fingerprint density at radius 2 is 1.84 bits per heavy atom. The molecule has 0 saturated carbocycles. The third-order valence-electron chi connectivity index (χ3n) is 5.55. The van der Waals surface area contributed by atoms with E-state index in [9.17, 15) is 9.18 Å². The summed E-state index contributed by atoms with van der Waals surface area (Å²) < 4.78 is 24.8. The van der Waals surface area contributed by atoms with E-state index in [-0.39, 0.29) is 24.4 Å². The first-order valence-corrected chi connectivity index (χ1v) is 10.3. The van der Waals surface area contributed by atoms with Crippen molar-refractivity contribution in [2.24, 2.45) is 0 Å². The van der Waals surface area contributed by atoms with Crippen molar-refractivity contribution >= 4 is 17.0 Å². The Morgan fingerprint density at radius 1 is 1.06 bits per heavy atom. The standard InChI is InChI=1S/C25H21FN2O3/c26-19-11-8-17(9-12-19)18-10-13-23-21(15-18)27-25(31-23)22-7-4-14-28(22)24(29)16-30-20-5-2-1-3-6-20/h1-3,5-6,8-13,15,22H,4,7,14,16H2. The molecule has 1 unspecified atom stereocenters. The number of hydrogen-bond acceptors (Lipinski definition) is 4. The molecule has 1 fully saturated rings. The van der Waals surface area contributed by atoms with Gasteiger partial charge in [-0.15, -0.1) is 0 Å². The Bertz CT molecular complexity index is 1200. The second kappa shape index (κ2) is 8.22. The van der Waals surface area contributed by atoms with E-state index in [1.165, 1.54) is 12.1 Å². The van der Waals surface area contributed by atoms with Gasteiger partial charge in [0.2, 0.25) is 5.89 Å². The van der Waals surface area contributed by atoms with Crippen LogP contribution in [0.2, 0.25) is 0 Å². The molecule has 1 aromatic heterocycles. The molecule has 0 spiro atoms. The fourth-order valence-corrected chi connectivity index (χ4v) is 3.98. The number of likely N-dealkylation sites (tertiary alicyclic amines) is 1. The van der Waals surface area contributed by atoms with Crippen molar-refractivity contribution in [3.8, 4) is 16.9 Å². The van der Waals surface area contributed by atoms with Gasteiger partial charge < -0.3 is 14.1 Å². The van der Waals surface area contributed by atoms with Crippen LogP contribution in [0.1, 0.15) is 24.8 Å². The molecule has 1 saturated heterocycles. The fourth-order valence-electron chi connectivity index (χ4n) is 3.98. The van der Waals surface area contributed by atoms with Gasteiger partial charge in [-0.2, -0.15) is 0 Å². The molecule has 0 radical (unpaired) electrons. The molecule has 5 rings (SSSR count). The second-order valence-electron chi connectivity index (χ2n) is 7.59. The molecule has 1 aliphatic heterocycles. The molecule has 1 aliphatic rings. The number of fused-ring (bicyclic) bond motifs is 1. The summed E-state index contributed by atoms with van der Waals surface area (Å²) in [5.41, 5.74) is 3.23. The van der Waals surface area contributed by atoms with Gasteiger partial charge in [-0.05, 0) is 60.4 Å². The van der Waals surface area contributed by atoms with Crippen molar-refractivity contribution in [1.82, 2.24) is 9.88 Å². The van der Waals surface area contributed by atoms with Crippen LogP contribution in [0.4, 0.5) is 4.39 Å². The summed E-state index contributed by atoms with van der Waals surface area (Å²) in [7, 11) is 0. The third kappa shape index (κ3) is 4.01. The zero-order valence-electron chi connectivity index (χ0n) is 16.8. The van der Waals surface area contributed by atoms with Crippen LogP contribution >= 0.6 is 0 Å². The largest absolute Gasteiger partial charge is 0.484 e. The minimum Gasteiger partial charge on any atom is -0.484 e. The van der Waals surface area contributed by atoms with E-state index in [4.69, 9.17) is 9.15 Å². The van der Waals surface area contributed by atoms with Crippen LogP contribution in [0, 0.1) is 5.82 Å². The molecule has 4 aromatic rings. The molecule has 6 heteroatoms. The average Bonchev–Trinajstić information content (AvgIpc) is 3.45. The summed E-state index contributed by atoms with van der Waals surface area (Å²) in [5.74, 6) is 0.856. The van der Waals surface area contributed by atoms with Gasteiger partial charge >= 0.3 is 0 Å². The van der Waals surface area contributed by atoms with E-state index in [0.717, 1.165) is 29.5 Å². The lowest BCUT2D eigenvalue weighted by Crippen LogP contribution is -2.34. The SMILES string of the molecule is O=C(COc1ccccc1)N1CCCC1c1nc2cc(-c3ccc(F)cc3)ccc2o1. The van der Waals surface area contributed by atoms with Crippen LogP contribution in [0.15, 0.2) is 77.2 Å². The number of oxazole rings is 1. The summed E-state index contributed by atoms with van der Waals surface area (Å²) in [5, 5.41) is 0. The number of rotatable bonds is 5. The zero-order chi connectivity index (χ0) is 21.2. The lowest BCUT2D eigenvalue weighted by molar-refractivity contribution is -0.134. The van der Waals surface area contributed by atoms with Crippen LogP contribution in [0.3, 0.4) is 0 Å². The first kappa shape index (κ1) is 19.3. The second-order valence-corrected chi connectivity index (χ2v) is 7.59. The summed E-state index contributed by atoms with van der Waals surface area (Å²) in [6.45, 7) is 0.636. The van der Waals surface area contributed by atoms with Crippen molar-refractivity contribution in [2.75, 3.05) is 13.2 Å². The predicted molar refractivity (Wildman–Crippen MR) is 115 cm³/mol. The summed E-state index contributed by atoms with van der Waals surface area (Å²) in [4.78, 5) is 19.2. The van der Waals surface area contributed by atoms with Crippen molar-refractivity contribution < 1.29 is 18.3 Å². The maximum atomic E-state index is 13.2. The van der Waals surface area contributed by atoms with Crippen molar-refractivity contribution in [3.05, 3.63) is 84.5 Å². The third-order valence-corrected chi connectivity index (χ3v) is 5.55. The summed E-state index contributed by atoms with van der Waals surface area (Å²) >= 11 is 0. The van der Waals surface area contributed by atoms with E-state index in [0.29, 0.717) is 23.8 Å². The number of aromatic nitrogens is 1. The Morgan fingerprint density at radius 3 is 2.65 bits per heavy atom. The number of carbonyl (C=O) groups is 1. The van der Waals surface area contributed by atoms with Gasteiger partial charge in [-0.1, -0.05) is 36.4 Å². The number of benzene rings is 3. The highest BCUT2D eigenvalue weighted by molar-refractivity contribution is 5.81.